The summed E-state index contributed by atoms with van der Waals surface area (Å²) in [6.07, 6.45) is 0.467. The minimum absolute atomic E-state index is 0.0921. The number of carbonyl (C=O) groups excluding carboxylic acids is 2. The van der Waals surface area contributed by atoms with E-state index in [2.05, 4.69) is 10.6 Å². The molecule has 2 aliphatic heterocycles. The second-order valence-electron chi connectivity index (χ2n) is 8.28. The number of sulfonamides is 1. The third-order valence-corrected chi connectivity index (χ3v) is 7.95. The van der Waals surface area contributed by atoms with Gasteiger partial charge >= 0.3 is 0 Å². The lowest BCUT2D eigenvalue weighted by molar-refractivity contribution is -0.123. The van der Waals surface area contributed by atoms with Gasteiger partial charge < -0.3 is 20.1 Å². The Morgan fingerprint density at radius 2 is 1.97 bits per heavy atom. The average molecular weight is 474 g/mol. The van der Waals surface area contributed by atoms with Crippen molar-refractivity contribution in [1.82, 2.24) is 4.31 Å². The van der Waals surface area contributed by atoms with E-state index < -0.39 is 22.0 Å². The second kappa shape index (κ2) is 9.03. The van der Waals surface area contributed by atoms with Crippen LogP contribution in [-0.4, -0.2) is 50.8 Å². The fourth-order valence-corrected chi connectivity index (χ4v) is 5.80. The van der Waals surface area contributed by atoms with Crippen LogP contribution in [0, 0.1) is 12.8 Å². The molecule has 2 N–H and O–H groups in total. The lowest BCUT2D eigenvalue weighted by Crippen LogP contribution is -2.44. The van der Waals surface area contributed by atoms with Crippen LogP contribution < -0.4 is 20.1 Å². The molecule has 2 amide bonds. The molecular weight excluding hydrogens is 446 g/mol. The first-order valence-electron chi connectivity index (χ1n) is 10.8. The summed E-state index contributed by atoms with van der Waals surface area (Å²) in [5, 5.41) is 5.59. The van der Waals surface area contributed by atoms with Crippen molar-refractivity contribution in [2.75, 3.05) is 30.8 Å². The first-order chi connectivity index (χ1) is 15.7. The van der Waals surface area contributed by atoms with E-state index in [0.717, 1.165) is 0 Å². The van der Waals surface area contributed by atoms with E-state index in [1.54, 1.807) is 51.3 Å². The van der Waals surface area contributed by atoms with Crippen LogP contribution in [0.4, 0.5) is 11.4 Å². The summed E-state index contributed by atoms with van der Waals surface area (Å²) in [5.41, 5.74) is 1.57. The highest BCUT2D eigenvalue weighted by Crippen LogP contribution is 2.36. The van der Waals surface area contributed by atoms with Gasteiger partial charge in [0, 0.05) is 24.8 Å². The van der Waals surface area contributed by atoms with Gasteiger partial charge in [-0.25, -0.2) is 8.42 Å². The number of hydrogen-bond donors (Lipinski definition) is 2. The van der Waals surface area contributed by atoms with Crippen molar-refractivity contribution in [3.8, 4) is 11.5 Å². The Morgan fingerprint density at radius 3 is 2.67 bits per heavy atom. The van der Waals surface area contributed by atoms with Crippen molar-refractivity contribution in [2.45, 2.75) is 37.7 Å². The number of ether oxygens (including phenoxy) is 2. The molecule has 2 atom stereocenters. The summed E-state index contributed by atoms with van der Waals surface area (Å²) < 4.78 is 39.0. The Bertz CT molecular complexity index is 1180. The first-order valence-corrected chi connectivity index (χ1v) is 12.2. The highest BCUT2D eigenvalue weighted by atomic mass is 32.2. The number of rotatable bonds is 5. The van der Waals surface area contributed by atoms with Crippen LogP contribution in [0.15, 0.2) is 41.3 Å². The van der Waals surface area contributed by atoms with Gasteiger partial charge in [-0.15, -0.1) is 0 Å². The molecule has 0 bridgehead atoms. The number of nitrogens with one attached hydrogen (secondary N) is 2. The van der Waals surface area contributed by atoms with Crippen molar-refractivity contribution in [2.24, 2.45) is 5.92 Å². The number of carbonyl (C=O) groups is 2. The molecule has 1 fully saturated rings. The molecule has 2 aromatic carbocycles. The highest BCUT2D eigenvalue weighted by molar-refractivity contribution is 7.89. The maximum absolute atomic E-state index is 13.5. The van der Waals surface area contributed by atoms with E-state index in [-0.39, 0.29) is 23.3 Å². The molecule has 10 heteroatoms. The largest absolute Gasteiger partial charge is 0.497 e. The van der Waals surface area contributed by atoms with Crippen molar-refractivity contribution in [1.29, 1.82) is 0 Å². The molecule has 0 spiro atoms. The lowest BCUT2D eigenvalue weighted by atomic mass is 9.99. The molecule has 33 heavy (non-hydrogen) atoms. The smallest absolute Gasteiger partial charge is 0.265 e. The van der Waals surface area contributed by atoms with E-state index in [1.807, 2.05) is 0 Å². The van der Waals surface area contributed by atoms with Crippen LogP contribution in [0.5, 0.6) is 11.5 Å². The van der Waals surface area contributed by atoms with Crippen molar-refractivity contribution >= 4 is 33.2 Å². The number of amides is 2. The Morgan fingerprint density at radius 1 is 1.24 bits per heavy atom. The summed E-state index contributed by atoms with van der Waals surface area (Å²) in [7, 11) is -2.29. The van der Waals surface area contributed by atoms with Crippen LogP contribution in [0.1, 0.15) is 25.3 Å². The number of fused-ring (bicyclic) bond motifs is 1. The van der Waals surface area contributed by atoms with Crippen LogP contribution >= 0.6 is 0 Å². The van der Waals surface area contributed by atoms with Crippen LogP contribution in [0.3, 0.4) is 0 Å². The van der Waals surface area contributed by atoms with Gasteiger partial charge in [0.15, 0.2) is 6.10 Å². The highest BCUT2D eigenvalue weighted by Gasteiger charge is 2.35. The topological polar surface area (TPSA) is 114 Å². The monoisotopic (exact) mass is 473 g/mol. The van der Waals surface area contributed by atoms with Crippen molar-refractivity contribution in [3.63, 3.8) is 0 Å². The van der Waals surface area contributed by atoms with E-state index in [4.69, 9.17) is 9.47 Å². The van der Waals surface area contributed by atoms with E-state index in [9.17, 15) is 18.0 Å². The van der Waals surface area contributed by atoms with Crippen LogP contribution in [0.2, 0.25) is 0 Å². The number of benzene rings is 2. The maximum Gasteiger partial charge on any atom is 0.265 e. The number of hydrogen-bond acceptors (Lipinski definition) is 6. The third-order valence-electron chi connectivity index (χ3n) is 5.94. The molecule has 2 aromatic rings. The lowest BCUT2D eigenvalue weighted by Gasteiger charge is -2.32. The molecule has 1 saturated heterocycles. The van der Waals surface area contributed by atoms with Crippen LogP contribution in [-0.2, 0) is 19.6 Å². The summed E-state index contributed by atoms with van der Waals surface area (Å²) in [5.74, 6) is 0.0313. The normalized spacial score (nSPS) is 20.9. The maximum atomic E-state index is 13.5. The van der Waals surface area contributed by atoms with Gasteiger partial charge in [0.2, 0.25) is 15.9 Å². The Balaban J connectivity index is 1.52. The van der Waals surface area contributed by atoms with Crippen molar-refractivity contribution < 1.29 is 27.5 Å². The van der Waals surface area contributed by atoms with Gasteiger partial charge in [0.05, 0.1) is 23.6 Å². The quantitative estimate of drug-likeness (QED) is 0.690. The molecule has 0 radical (unpaired) electrons. The average Bonchev–Trinajstić information content (AvgIpc) is 2.80. The fraction of sp³-hybridized carbons (Fsp3) is 0.391. The summed E-state index contributed by atoms with van der Waals surface area (Å²) >= 11 is 0. The van der Waals surface area contributed by atoms with Gasteiger partial charge in [-0.2, -0.15) is 4.31 Å². The van der Waals surface area contributed by atoms with Crippen molar-refractivity contribution in [3.05, 3.63) is 42.0 Å². The van der Waals surface area contributed by atoms with Gasteiger partial charge in [-0.05, 0) is 62.6 Å². The Kier molecular flexibility index (Phi) is 6.31. The Hall–Kier alpha value is -3.11. The predicted octanol–water partition coefficient (Wildman–Crippen LogP) is 2.76. The number of piperidine rings is 1. The fourth-order valence-electron chi connectivity index (χ4n) is 4.05. The predicted molar refractivity (Wildman–Crippen MR) is 123 cm³/mol. The summed E-state index contributed by atoms with van der Waals surface area (Å²) in [6, 6.07) is 10.0. The molecule has 0 unspecified atom stereocenters. The zero-order valence-corrected chi connectivity index (χ0v) is 19.6. The first kappa shape index (κ1) is 23.1. The number of aryl methyl sites for hydroxylation is 1. The molecule has 4 rings (SSSR count). The molecular formula is C23H27N3O6S. The van der Waals surface area contributed by atoms with Crippen LogP contribution in [0.25, 0.3) is 0 Å². The van der Waals surface area contributed by atoms with E-state index in [0.29, 0.717) is 47.8 Å². The number of methoxy groups -OCH3 is 1. The molecule has 2 aliphatic rings. The summed E-state index contributed by atoms with van der Waals surface area (Å²) in [4.78, 5) is 24.8. The van der Waals surface area contributed by atoms with E-state index >= 15 is 0 Å². The molecule has 0 aromatic heterocycles. The molecule has 0 aliphatic carbocycles. The van der Waals surface area contributed by atoms with Gasteiger partial charge in [0.25, 0.3) is 5.91 Å². The zero-order valence-electron chi connectivity index (χ0n) is 18.8. The molecule has 176 valence electrons. The SMILES string of the molecule is COc1ccc(NC(=O)[C@H]2CCCN(S(=O)(=O)c3cc4c(cc3C)NC(=O)[C@@H](C)O4)C2)cc1. The number of anilines is 2. The Labute approximate surface area is 193 Å². The van der Waals surface area contributed by atoms with E-state index in [1.165, 1.54) is 10.4 Å². The van der Waals surface area contributed by atoms with Gasteiger partial charge in [0.1, 0.15) is 11.5 Å². The van der Waals surface area contributed by atoms with Gasteiger partial charge in [-0.1, -0.05) is 0 Å². The number of nitrogens with zero attached hydrogens (tertiary/aromatic N) is 1. The third kappa shape index (κ3) is 4.67. The van der Waals surface area contributed by atoms with Gasteiger partial charge in [-0.3, -0.25) is 9.59 Å². The molecule has 2 heterocycles. The molecule has 0 saturated carbocycles. The molecule has 9 nitrogen and oxygen atoms in total. The minimum Gasteiger partial charge on any atom is -0.497 e. The second-order valence-corrected chi connectivity index (χ2v) is 10.2. The standard InChI is InChI=1S/C23H27N3O6S/c1-14-11-19-20(32-15(2)22(27)25-19)12-21(14)33(29,30)26-10-4-5-16(13-26)23(28)24-17-6-8-18(31-3)9-7-17/h6-9,11-12,15-16H,4-5,10,13H2,1-3H3,(H,24,28)(H,25,27)/t15-,16+/m1/s1. The summed E-state index contributed by atoms with van der Waals surface area (Å²) in [6.45, 7) is 3.70. The minimum atomic E-state index is -3.86. The zero-order chi connectivity index (χ0) is 23.8.